The van der Waals surface area contributed by atoms with Gasteiger partial charge in [-0.15, -0.1) is 0 Å². The molecule has 7 heteroatoms. The zero-order valence-electron chi connectivity index (χ0n) is 21.6. The van der Waals surface area contributed by atoms with Crippen LogP contribution in [0.25, 0.3) is 44.4 Å². The lowest BCUT2D eigenvalue weighted by Gasteiger charge is -2.24. The number of aromatic nitrogens is 2. The lowest BCUT2D eigenvalue weighted by molar-refractivity contribution is 0.561. The standard InChI is InChI=1S/C31H27FN2O3S/c1-31(2,38(4,36)37)24-18-22-9-6-16-33-29(22)27(19-24)21-7-5-8-23(17-21)30-26(14-15-28(35)34(30)3)20-10-12-25(32)13-11-20/h5-19H,1-4H3. The van der Waals surface area contributed by atoms with E-state index in [4.69, 9.17) is 0 Å². The van der Waals surface area contributed by atoms with E-state index in [-0.39, 0.29) is 11.4 Å². The predicted octanol–water partition coefficient (Wildman–Crippen LogP) is 6.35. The van der Waals surface area contributed by atoms with E-state index < -0.39 is 14.6 Å². The maximum absolute atomic E-state index is 13.6. The quantitative estimate of drug-likeness (QED) is 0.268. The lowest BCUT2D eigenvalue weighted by atomic mass is 9.91. The second-order valence-corrected chi connectivity index (χ2v) is 12.5. The minimum atomic E-state index is -3.41. The van der Waals surface area contributed by atoms with Gasteiger partial charge >= 0.3 is 0 Å². The number of hydrogen-bond acceptors (Lipinski definition) is 4. The molecule has 0 spiro atoms. The Balaban J connectivity index is 1.76. The van der Waals surface area contributed by atoms with Crippen molar-refractivity contribution in [3.05, 3.63) is 113 Å². The Morgan fingerprint density at radius 3 is 2.24 bits per heavy atom. The molecule has 38 heavy (non-hydrogen) atoms. The van der Waals surface area contributed by atoms with E-state index in [9.17, 15) is 17.6 Å². The Hall–Kier alpha value is -4.10. The van der Waals surface area contributed by atoms with Crippen LogP contribution in [0.3, 0.4) is 0 Å². The number of nitrogens with zero attached hydrogens (tertiary/aromatic N) is 2. The van der Waals surface area contributed by atoms with Crippen LogP contribution in [-0.2, 0) is 21.6 Å². The maximum atomic E-state index is 13.6. The first-order valence-electron chi connectivity index (χ1n) is 12.1. The third-order valence-electron chi connectivity index (χ3n) is 7.24. The van der Waals surface area contributed by atoms with Gasteiger partial charge in [-0.3, -0.25) is 9.78 Å². The van der Waals surface area contributed by atoms with Crippen LogP contribution in [0.2, 0.25) is 0 Å². The van der Waals surface area contributed by atoms with E-state index in [0.717, 1.165) is 38.7 Å². The van der Waals surface area contributed by atoms with Gasteiger partial charge in [0.15, 0.2) is 9.84 Å². The van der Waals surface area contributed by atoms with E-state index >= 15 is 0 Å². The Morgan fingerprint density at radius 2 is 1.53 bits per heavy atom. The Kier molecular flexibility index (Phi) is 6.27. The first-order valence-corrected chi connectivity index (χ1v) is 14.0. The van der Waals surface area contributed by atoms with Gasteiger partial charge in [-0.2, -0.15) is 0 Å². The molecule has 0 saturated carbocycles. The highest BCUT2D eigenvalue weighted by Crippen LogP contribution is 2.38. The molecule has 0 aliphatic heterocycles. The van der Waals surface area contributed by atoms with Gasteiger partial charge in [-0.25, -0.2) is 12.8 Å². The van der Waals surface area contributed by atoms with Crippen LogP contribution in [0.4, 0.5) is 4.39 Å². The highest BCUT2D eigenvalue weighted by Gasteiger charge is 2.33. The van der Waals surface area contributed by atoms with E-state index in [0.29, 0.717) is 11.3 Å². The molecule has 2 heterocycles. The van der Waals surface area contributed by atoms with Crippen LogP contribution in [0, 0.1) is 5.82 Å². The molecule has 0 bridgehead atoms. The molecule has 5 aromatic rings. The van der Waals surface area contributed by atoms with Gasteiger partial charge in [0.2, 0.25) is 0 Å². The average molecular weight is 527 g/mol. The SMILES string of the molecule is Cn1c(-c2cccc(-c3cc(C(C)(C)S(C)(=O)=O)cc4cccnc34)c2)c(-c2ccc(F)cc2)ccc1=O. The molecule has 5 nitrogen and oxygen atoms in total. The van der Waals surface area contributed by atoms with Crippen molar-refractivity contribution in [3.63, 3.8) is 0 Å². The summed E-state index contributed by atoms with van der Waals surface area (Å²) in [6.07, 6.45) is 2.96. The Bertz CT molecular complexity index is 1860. The zero-order valence-corrected chi connectivity index (χ0v) is 22.4. The molecule has 0 aliphatic rings. The van der Waals surface area contributed by atoms with Crippen molar-refractivity contribution < 1.29 is 12.8 Å². The van der Waals surface area contributed by atoms with Gasteiger partial charge in [0.25, 0.3) is 5.56 Å². The summed E-state index contributed by atoms with van der Waals surface area (Å²) in [5.41, 5.74) is 5.93. The first kappa shape index (κ1) is 25.5. The van der Waals surface area contributed by atoms with Crippen LogP contribution >= 0.6 is 0 Å². The van der Waals surface area contributed by atoms with Gasteiger partial charge in [0.05, 0.1) is 16.0 Å². The summed E-state index contributed by atoms with van der Waals surface area (Å²) in [5.74, 6) is -0.335. The van der Waals surface area contributed by atoms with Crippen molar-refractivity contribution >= 4 is 20.7 Å². The number of halogens is 1. The number of sulfone groups is 1. The molecule has 5 rings (SSSR count). The van der Waals surface area contributed by atoms with E-state index in [1.54, 1.807) is 49.9 Å². The molecule has 0 unspecified atom stereocenters. The molecule has 0 aliphatic carbocycles. The molecular formula is C31H27FN2O3S. The molecule has 0 saturated heterocycles. The van der Waals surface area contributed by atoms with E-state index in [1.807, 2.05) is 48.5 Å². The van der Waals surface area contributed by atoms with Gasteiger partial charge < -0.3 is 4.57 Å². The number of fused-ring (bicyclic) bond motifs is 1. The average Bonchev–Trinajstić information content (AvgIpc) is 2.89. The minimum absolute atomic E-state index is 0.166. The zero-order chi connectivity index (χ0) is 27.2. The van der Waals surface area contributed by atoms with Crippen molar-refractivity contribution in [1.29, 1.82) is 0 Å². The van der Waals surface area contributed by atoms with E-state index in [1.165, 1.54) is 24.5 Å². The summed E-state index contributed by atoms with van der Waals surface area (Å²) in [6, 6.07) is 24.7. The maximum Gasteiger partial charge on any atom is 0.250 e. The molecule has 3 aromatic carbocycles. The second kappa shape index (κ2) is 9.33. The minimum Gasteiger partial charge on any atom is -0.311 e. The van der Waals surface area contributed by atoms with Crippen molar-refractivity contribution in [3.8, 4) is 33.5 Å². The normalized spacial score (nSPS) is 12.1. The van der Waals surface area contributed by atoms with Gasteiger partial charge in [0.1, 0.15) is 5.82 Å². The number of hydrogen-bond donors (Lipinski definition) is 0. The van der Waals surface area contributed by atoms with Crippen LogP contribution in [0.15, 0.2) is 95.9 Å². The summed E-state index contributed by atoms with van der Waals surface area (Å²) in [6.45, 7) is 3.41. The highest BCUT2D eigenvalue weighted by atomic mass is 32.2. The molecule has 0 atom stereocenters. The molecule has 0 fully saturated rings. The summed E-state index contributed by atoms with van der Waals surface area (Å²) in [4.78, 5) is 17.3. The summed E-state index contributed by atoms with van der Waals surface area (Å²) in [5, 5.41) is 0.834. The predicted molar refractivity (Wildman–Crippen MR) is 151 cm³/mol. The topological polar surface area (TPSA) is 69.0 Å². The highest BCUT2D eigenvalue weighted by molar-refractivity contribution is 7.91. The fourth-order valence-corrected chi connectivity index (χ4v) is 5.20. The molecule has 0 radical (unpaired) electrons. The van der Waals surface area contributed by atoms with Crippen molar-refractivity contribution in [2.45, 2.75) is 18.6 Å². The third kappa shape index (κ3) is 4.43. The van der Waals surface area contributed by atoms with Crippen molar-refractivity contribution in [2.24, 2.45) is 7.05 Å². The smallest absolute Gasteiger partial charge is 0.250 e. The van der Waals surface area contributed by atoms with Crippen molar-refractivity contribution in [1.82, 2.24) is 9.55 Å². The Labute approximate surface area is 221 Å². The van der Waals surface area contributed by atoms with Crippen molar-refractivity contribution in [2.75, 3.05) is 6.26 Å². The third-order valence-corrected chi connectivity index (χ3v) is 9.33. The van der Waals surface area contributed by atoms with Crippen LogP contribution in [0.5, 0.6) is 0 Å². The largest absolute Gasteiger partial charge is 0.311 e. The summed E-state index contributed by atoms with van der Waals surface area (Å²) >= 11 is 0. The Morgan fingerprint density at radius 1 is 0.816 bits per heavy atom. The number of benzene rings is 3. The fourth-order valence-electron chi connectivity index (χ4n) is 4.66. The summed E-state index contributed by atoms with van der Waals surface area (Å²) in [7, 11) is -1.70. The van der Waals surface area contributed by atoms with Gasteiger partial charge in [-0.1, -0.05) is 36.4 Å². The van der Waals surface area contributed by atoms with Gasteiger partial charge in [-0.05, 0) is 78.6 Å². The summed E-state index contributed by atoms with van der Waals surface area (Å²) < 4.78 is 39.4. The molecule has 2 aromatic heterocycles. The van der Waals surface area contributed by atoms with Crippen LogP contribution in [0.1, 0.15) is 19.4 Å². The number of pyridine rings is 2. The second-order valence-electron chi connectivity index (χ2n) is 9.96. The molecule has 0 amide bonds. The van der Waals surface area contributed by atoms with E-state index in [2.05, 4.69) is 4.98 Å². The lowest BCUT2D eigenvalue weighted by Crippen LogP contribution is -2.28. The van der Waals surface area contributed by atoms with Gasteiger partial charge in [0, 0.05) is 42.1 Å². The van der Waals surface area contributed by atoms with Crippen LogP contribution < -0.4 is 5.56 Å². The monoisotopic (exact) mass is 526 g/mol. The molecule has 0 N–H and O–H groups in total. The number of rotatable bonds is 5. The molecular weight excluding hydrogens is 499 g/mol. The fraction of sp³-hybridized carbons (Fsp3) is 0.161. The first-order chi connectivity index (χ1) is 18.0. The molecule has 192 valence electrons. The van der Waals surface area contributed by atoms with Crippen LogP contribution in [-0.4, -0.2) is 24.2 Å².